The molecule has 2 N–H and O–H groups in total. The van der Waals surface area contributed by atoms with E-state index in [9.17, 15) is 18.8 Å². The van der Waals surface area contributed by atoms with Crippen molar-refractivity contribution in [3.63, 3.8) is 0 Å². The van der Waals surface area contributed by atoms with Crippen LogP contribution in [0.2, 0.25) is 0 Å². The summed E-state index contributed by atoms with van der Waals surface area (Å²) in [7, 11) is 1.58. The Labute approximate surface area is 229 Å². The van der Waals surface area contributed by atoms with E-state index in [0.717, 1.165) is 34.1 Å². The van der Waals surface area contributed by atoms with Crippen LogP contribution in [0, 0.1) is 5.82 Å². The van der Waals surface area contributed by atoms with Gasteiger partial charge in [-0.05, 0) is 72.9 Å². The fourth-order valence-electron chi connectivity index (χ4n) is 4.53. The number of ether oxygens (including phenoxy) is 1. The van der Waals surface area contributed by atoms with Gasteiger partial charge in [-0.15, -0.1) is 0 Å². The first-order chi connectivity index (χ1) is 18.3. The number of amides is 3. The molecule has 1 heterocycles. The lowest BCUT2D eigenvalue weighted by atomic mass is 9.89. The van der Waals surface area contributed by atoms with Crippen LogP contribution < -0.4 is 15.4 Å². The van der Waals surface area contributed by atoms with Gasteiger partial charge in [0, 0.05) is 34.5 Å². The van der Waals surface area contributed by atoms with Crippen LogP contribution in [-0.4, -0.2) is 42.8 Å². The van der Waals surface area contributed by atoms with Crippen LogP contribution in [0.15, 0.2) is 71.2 Å². The fourth-order valence-corrected chi connectivity index (χ4v) is 4.87. The van der Waals surface area contributed by atoms with E-state index in [1.165, 1.54) is 24.3 Å². The van der Waals surface area contributed by atoms with Crippen molar-refractivity contribution in [1.82, 2.24) is 4.90 Å². The lowest BCUT2D eigenvalue weighted by Crippen LogP contribution is -2.39. The highest BCUT2D eigenvalue weighted by Crippen LogP contribution is 2.29. The van der Waals surface area contributed by atoms with E-state index < -0.39 is 5.91 Å². The lowest BCUT2D eigenvalue weighted by Gasteiger charge is -2.32. The highest BCUT2D eigenvalue weighted by atomic mass is 79.9. The zero-order chi connectivity index (χ0) is 27.1. The number of hydrogen-bond acceptors (Lipinski definition) is 4. The van der Waals surface area contributed by atoms with E-state index in [1.807, 2.05) is 42.5 Å². The Hall–Kier alpha value is -3.72. The van der Waals surface area contributed by atoms with Crippen LogP contribution in [0.4, 0.5) is 15.8 Å². The van der Waals surface area contributed by atoms with Crippen LogP contribution in [-0.2, 0) is 20.8 Å². The van der Waals surface area contributed by atoms with E-state index in [4.69, 9.17) is 4.74 Å². The maximum atomic E-state index is 13.0. The topological polar surface area (TPSA) is 87.7 Å². The minimum Gasteiger partial charge on any atom is -0.496 e. The number of likely N-dealkylation sites (tertiary alicyclic amines) is 1. The van der Waals surface area contributed by atoms with Crippen LogP contribution >= 0.6 is 15.9 Å². The van der Waals surface area contributed by atoms with Gasteiger partial charge < -0.3 is 20.3 Å². The number of nitrogens with one attached hydrogen (secondary N) is 2. The summed E-state index contributed by atoms with van der Waals surface area (Å²) in [6, 6.07) is 18.8. The van der Waals surface area contributed by atoms with Crippen LogP contribution in [0.5, 0.6) is 5.75 Å². The molecule has 1 fully saturated rings. The van der Waals surface area contributed by atoms with Gasteiger partial charge in [0.15, 0.2) is 0 Å². The number of rotatable bonds is 8. The number of benzene rings is 3. The highest BCUT2D eigenvalue weighted by molar-refractivity contribution is 9.10. The molecule has 198 valence electrons. The van der Waals surface area contributed by atoms with Crippen molar-refractivity contribution in [1.29, 1.82) is 0 Å². The second-order valence-electron chi connectivity index (χ2n) is 9.19. The third-order valence-electron chi connectivity index (χ3n) is 6.55. The SMILES string of the molecule is COc1cc(Br)ccc1CC(=O)Nc1ccc(C2CCN(C(=O)CC(=O)Nc3ccc(F)cc3)CC2)cc1. The first-order valence-corrected chi connectivity index (χ1v) is 13.2. The molecule has 0 aliphatic carbocycles. The van der Waals surface area contributed by atoms with Gasteiger partial charge in [0.2, 0.25) is 17.7 Å². The third kappa shape index (κ3) is 7.41. The highest BCUT2D eigenvalue weighted by Gasteiger charge is 2.25. The number of methoxy groups -OCH3 is 1. The summed E-state index contributed by atoms with van der Waals surface area (Å²) in [6.45, 7) is 1.14. The zero-order valence-electron chi connectivity index (χ0n) is 21.0. The van der Waals surface area contributed by atoms with Gasteiger partial charge in [0.25, 0.3) is 0 Å². The van der Waals surface area contributed by atoms with Gasteiger partial charge in [-0.3, -0.25) is 14.4 Å². The van der Waals surface area contributed by atoms with Crippen molar-refractivity contribution in [2.24, 2.45) is 0 Å². The minimum absolute atomic E-state index is 0.131. The molecule has 7 nitrogen and oxygen atoms in total. The summed E-state index contributed by atoms with van der Waals surface area (Å²) in [4.78, 5) is 39.1. The third-order valence-corrected chi connectivity index (χ3v) is 7.05. The molecule has 0 bridgehead atoms. The summed E-state index contributed by atoms with van der Waals surface area (Å²) in [5, 5.41) is 5.55. The molecule has 9 heteroatoms. The quantitative estimate of drug-likeness (QED) is 0.343. The molecule has 4 rings (SSSR count). The summed E-state index contributed by atoms with van der Waals surface area (Å²) < 4.78 is 19.3. The molecule has 38 heavy (non-hydrogen) atoms. The smallest absolute Gasteiger partial charge is 0.233 e. The second kappa shape index (κ2) is 12.7. The molecule has 0 unspecified atom stereocenters. The summed E-state index contributed by atoms with van der Waals surface area (Å²) >= 11 is 3.40. The van der Waals surface area contributed by atoms with Crippen molar-refractivity contribution >= 4 is 45.0 Å². The number of anilines is 2. The molecular formula is C29H29BrFN3O4. The van der Waals surface area contributed by atoms with E-state index in [-0.39, 0.29) is 30.5 Å². The van der Waals surface area contributed by atoms with E-state index in [1.54, 1.807) is 12.0 Å². The van der Waals surface area contributed by atoms with E-state index in [0.29, 0.717) is 30.4 Å². The number of halogens is 2. The van der Waals surface area contributed by atoms with Gasteiger partial charge in [-0.1, -0.05) is 34.1 Å². The maximum Gasteiger partial charge on any atom is 0.233 e. The van der Waals surface area contributed by atoms with Gasteiger partial charge in [-0.2, -0.15) is 0 Å². The van der Waals surface area contributed by atoms with Gasteiger partial charge in [0.1, 0.15) is 18.0 Å². The van der Waals surface area contributed by atoms with Crippen molar-refractivity contribution in [3.05, 3.63) is 88.1 Å². The Balaban J connectivity index is 1.23. The Kier molecular flexibility index (Phi) is 9.12. The number of hydrogen-bond donors (Lipinski definition) is 2. The Morgan fingerprint density at radius 2 is 1.53 bits per heavy atom. The molecule has 3 aromatic rings. The Bertz CT molecular complexity index is 1290. The maximum absolute atomic E-state index is 13.0. The molecule has 0 saturated carbocycles. The molecule has 3 aromatic carbocycles. The molecule has 1 aliphatic rings. The predicted octanol–water partition coefficient (Wildman–Crippen LogP) is 5.51. The molecule has 0 atom stereocenters. The molecule has 0 aromatic heterocycles. The lowest BCUT2D eigenvalue weighted by molar-refractivity contribution is -0.135. The number of carbonyl (C=O) groups excluding carboxylic acids is 3. The predicted molar refractivity (Wildman–Crippen MR) is 148 cm³/mol. The standard InChI is InChI=1S/C29H29BrFN3O4/c1-38-26-17-22(30)5-2-21(26)16-27(35)32-24-8-3-19(4-9-24)20-12-14-34(15-13-20)29(37)18-28(36)33-25-10-6-23(31)7-11-25/h2-11,17,20H,12-16,18H2,1H3,(H,32,35)(H,33,36). The first-order valence-electron chi connectivity index (χ1n) is 12.4. The summed E-state index contributed by atoms with van der Waals surface area (Å²) in [5.41, 5.74) is 3.13. The Morgan fingerprint density at radius 1 is 0.921 bits per heavy atom. The van der Waals surface area contributed by atoms with Crippen molar-refractivity contribution in [2.75, 3.05) is 30.8 Å². The molecule has 1 saturated heterocycles. The van der Waals surface area contributed by atoms with Crippen LogP contribution in [0.3, 0.4) is 0 Å². The average molecular weight is 582 g/mol. The number of nitrogens with zero attached hydrogens (tertiary/aromatic N) is 1. The van der Waals surface area contributed by atoms with Gasteiger partial charge in [-0.25, -0.2) is 4.39 Å². The molecule has 0 radical (unpaired) electrons. The Morgan fingerprint density at radius 3 is 2.16 bits per heavy atom. The van der Waals surface area contributed by atoms with Gasteiger partial charge >= 0.3 is 0 Å². The molecule has 1 aliphatic heterocycles. The minimum atomic E-state index is -0.417. The first kappa shape index (κ1) is 27.3. The normalized spacial score (nSPS) is 13.6. The summed E-state index contributed by atoms with van der Waals surface area (Å²) in [5.74, 6) is -0.205. The zero-order valence-corrected chi connectivity index (χ0v) is 22.6. The number of carbonyl (C=O) groups is 3. The monoisotopic (exact) mass is 581 g/mol. The average Bonchev–Trinajstić information content (AvgIpc) is 2.91. The van der Waals surface area contributed by atoms with Crippen molar-refractivity contribution in [2.45, 2.75) is 31.6 Å². The van der Waals surface area contributed by atoms with Crippen LogP contribution in [0.25, 0.3) is 0 Å². The van der Waals surface area contributed by atoms with Crippen molar-refractivity contribution in [3.8, 4) is 5.75 Å². The molecule has 3 amide bonds. The second-order valence-corrected chi connectivity index (χ2v) is 10.1. The number of piperidine rings is 1. The van der Waals surface area contributed by atoms with E-state index in [2.05, 4.69) is 26.6 Å². The fraction of sp³-hybridized carbons (Fsp3) is 0.276. The largest absolute Gasteiger partial charge is 0.496 e. The van der Waals surface area contributed by atoms with Crippen molar-refractivity contribution < 1.29 is 23.5 Å². The van der Waals surface area contributed by atoms with Crippen LogP contribution in [0.1, 0.15) is 36.3 Å². The summed E-state index contributed by atoms with van der Waals surface area (Å²) in [6.07, 6.45) is 1.54. The van der Waals surface area contributed by atoms with E-state index >= 15 is 0 Å². The molecule has 0 spiro atoms. The molecular weight excluding hydrogens is 553 g/mol. The van der Waals surface area contributed by atoms with Gasteiger partial charge in [0.05, 0.1) is 13.5 Å².